The lowest BCUT2D eigenvalue weighted by Gasteiger charge is -2.20. The minimum absolute atomic E-state index is 0.00518. The molecule has 0 saturated heterocycles. The van der Waals surface area contributed by atoms with Crippen LogP contribution in [0.5, 0.6) is 11.5 Å². The zero-order valence-electron chi connectivity index (χ0n) is 13.9. The molecule has 1 aromatic carbocycles. The van der Waals surface area contributed by atoms with E-state index < -0.39 is 0 Å². The highest BCUT2D eigenvalue weighted by Gasteiger charge is 2.16. The summed E-state index contributed by atoms with van der Waals surface area (Å²) in [5.41, 5.74) is 1.78. The predicted molar refractivity (Wildman–Crippen MR) is 89.7 cm³/mol. The third-order valence-corrected chi connectivity index (χ3v) is 3.80. The van der Waals surface area contributed by atoms with E-state index in [1.165, 1.54) is 11.8 Å². The number of ether oxygens (including phenoxy) is 2. The molecule has 130 valence electrons. The lowest BCUT2D eigenvalue weighted by atomic mass is 10.2. The van der Waals surface area contributed by atoms with Gasteiger partial charge >= 0.3 is 0 Å². The molecular weight excluding hydrogens is 322 g/mol. The number of amides is 2. The fraction of sp³-hybridized carbons (Fsp3) is 0.278. The van der Waals surface area contributed by atoms with E-state index in [1.807, 2.05) is 24.3 Å². The minimum Gasteiger partial charge on any atom is -0.454 e. The number of nitrogens with one attached hydrogen (secondary N) is 1. The topological polar surface area (TPSA) is 80.8 Å². The highest BCUT2D eigenvalue weighted by molar-refractivity contribution is 5.83. The first-order valence-electron chi connectivity index (χ1n) is 7.91. The highest BCUT2D eigenvalue weighted by atomic mass is 16.7. The molecule has 2 amide bonds. The molecule has 7 nitrogen and oxygen atoms in total. The number of hydrogen-bond donors (Lipinski definition) is 1. The maximum absolute atomic E-state index is 12.2. The maximum Gasteiger partial charge on any atom is 0.239 e. The number of hydrogen-bond acceptors (Lipinski definition) is 5. The highest BCUT2D eigenvalue weighted by Crippen LogP contribution is 2.32. The molecule has 0 spiro atoms. The summed E-state index contributed by atoms with van der Waals surface area (Å²) in [4.78, 5) is 29.5. The molecule has 7 heteroatoms. The molecule has 2 aromatic rings. The van der Waals surface area contributed by atoms with Crippen LogP contribution in [0, 0.1) is 0 Å². The first-order chi connectivity index (χ1) is 12.1. The molecule has 0 saturated carbocycles. The largest absolute Gasteiger partial charge is 0.454 e. The predicted octanol–water partition coefficient (Wildman–Crippen LogP) is 1.48. The van der Waals surface area contributed by atoms with Crippen molar-refractivity contribution in [1.82, 2.24) is 15.2 Å². The average molecular weight is 341 g/mol. The minimum atomic E-state index is -0.225. The van der Waals surface area contributed by atoms with Crippen LogP contribution in [0.4, 0.5) is 0 Å². The normalized spacial score (nSPS) is 11.9. The Hall–Kier alpha value is -3.09. The summed E-state index contributed by atoms with van der Waals surface area (Å²) < 4.78 is 10.6. The van der Waals surface area contributed by atoms with Gasteiger partial charge in [0.25, 0.3) is 0 Å². The molecule has 0 aliphatic carbocycles. The zero-order valence-corrected chi connectivity index (χ0v) is 13.9. The summed E-state index contributed by atoms with van der Waals surface area (Å²) in [6.07, 6.45) is 3.35. The van der Waals surface area contributed by atoms with Crippen molar-refractivity contribution in [2.24, 2.45) is 0 Å². The molecule has 25 heavy (non-hydrogen) atoms. The van der Waals surface area contributed by atoms with Crippen molar-refractivity contribution >= 4 is 11.8 Å². The number of rotatable bonds is 6. The first-order valence-corrected chi connectivity index (χ1v) is 7.91. The smallest absolute Gasteiger partial charge is 0.239 e. The van der Waals surface area contributed by atoms with Crippen molar-refractivity contribution in [3.05, 3.63) is 53.9 Å². The van der Waals surface area contributed by atoms with Crippen LogP contribution < -0.4 is 14.8 Å². The van der Waals surface area contributed by atoms with Gasteiger partial charge in [0.15, 0.2) is 11.5 Å². The summed E-state index contributed by atoms with van der Waals surface area (Å²) in [7, 11) is 0. The van der Waals surface area contributed by atoms with Crippen LogP contribution >= 0.6 is 0 Å². The van der Waals surface area contributed by atoms with E-state index in [0.29, 0.717) is 24.6 Å². The van der Waals surface area contributed by atoms with Gasteiger partial charge in [0.2, 0.25) is 18.6 Å². The van der Waals surface area contributed by atoms with Crippen molar-refractivity contribution in [3.8, 4) is 11.5 Å². The Morgan fingerprint density at radius 1 is 1.20 bits per heavy atom. The molecule has 1 aliphatic heterocycles. The molecule has 1 aliphatic rings. The monoisotopic (exact) mass is 341 g/mol. The van der Waals surface area contributed by atoms with Crippen molar-refractivity contribution in [3.63, 3.8) is 0 Å². The average Bonchev–Trinajstić information content (AvgIpc) is 3.08. The molecule has 0 radical (unpaired) electrons. The van der Waals surface area contributed by atoms with Gasteiger partial charge in [-0.15, -0.1) is 0 Å². The van der Waals surface area contributed by atoms with Gasteiger partial charge in [0.05, 0.1) is 6.54 Å². The van der Waals surface area contributed by atoms with E-state index in [-0.39, 0.29) is 25.2 Å². The van der Waals surface area contributed by atoms with Crippen LogP contribution in [0.1, 0.15) is 18.1 Å². The molecule has 3 rings (SSSR count). The van der Waals surface area contributed by atoms with Gasteiger partial charge in [-0.3, -0.25) is 14.6 Å². The van der Waals surface area contributed by atoms with Crippen LogP contribution in [0.15, 0.2) is 42.7 Å². The van der Waals surface area contributed by atoms with Crippen LogP contribution in [0.2, 0.25) is 0 Å². The zero-order chi connectivity index (χ0) is 17.6. The number of carbonyl (C=O) groups excluding carboxylic acids is 2. The summed E-state index contributed by atoms with van der Waals surface area (Å²) >= 11 is 0. The van der Waals surface area contributed by atoms with Crippen molar-refractivity contribution in [2.75, 3.05) is 13.3 Å². The van der Waals surface area contributed by atoms with Gasteiger partial charge < -0.3 is 19.7 Å². The van der Waals surface area contributed by atoms with E-state index >= 15 is 0 Å². The quantitative estimate of drug-likeness (QED) is 0.861. The second kappa shape index (κ2) is 7.65. The molecule has 1 aromatic heterocycles. The molecular formula is C18H19N3O4. The fourth-order valence-electron chi connectivity index (χ4n) is 2.47. The summed E-state index contributed by atoms with van der Waals surface area (Å²) in [5, 5.41) is 2.82. The summed E-state index contributed by atoms with van der Waals surface area (Å²) in [5.74, 6) is 0.988. The van der Waals surface area contributed by atoms with E-state index in [0.717, 1.165) is 11.1 Å². The van der Waals surface area contributed by atoms with Gasteiger partial charge in [-0.25, -0.2) is 0 Å². The number of carbonyl (C=O) groups is 2. The third-order valence-electron chi connectivity index (χ3n) is 3.80. The number of nitrogens with zero attached hydrogens (tertiary/aromatic N) is 2. The standard InChI is InChI=1S/C18H19N3O4/c1-13(22)21(10-15-3-2-6-19-8-15)11-18(23)20-9-14-4-5-16-17(7-14)25-12-24-16/h2-8H,9-12H2,1H3,(H,20,23). The van der Waals surface area contributed by atoms with Gasteiger partial charge in [-0.1, -0.05) is 12.1 Å². The molecule has 0 bridgehead atoms. The van der Waals surface area contributed by atoms with Crippen molar-refractivity contribution in [1.29, 1.82) is 0 Å². The Morgan fingerprint density at radius 2 is 2.04 bits per heavy atom. The summed E-state index contributed by atoms with van der Waals surface area (Å²) in [6.45, 7) is 2.36. The van der Waals surface area contributed by atoms with Gasteiger partial charge in [-0.2, -0.15) is 0 Å². The molecule has 2 heterocycles. The second-order valence-corrected chi connectivity index (χ2v) is 5.70. The van der Waals surface area contributed by atoms with Crippen LogP contribution in [-0.4, -0.2) is 35.0 Å². The number of fused-ring (bicyclic) bond motifs is 1. The Balaban J connectivity index is 1.54. The third kappa shape index (κ3) is 4.47. The lowest BCUT2D eigenvalue weighted by Crippen LogP contribution is -2.39. The van der Waals surface area contributed by atoms with E-state index in [4.69, 9.17) is 9.47 Å². The Labute approximate surface area is 145 Å². The molecule has 0 atom stereocenters. The first kappa shape index (κ1) is 16.8. The molecule has 1 N–H and O–H groups in total. The fourth-order valence-corrected chi connectivity index (χ4v) is 2.47. The Bertz CT molecular complexity index is 764. The SMILES string of the molecule is CC(=O)N(CC(=O)NCc1ccc2c(c1)OCO2)Cc1cccnc1. The van der Waals surface area contributed by atoms with Crippen LogP contribution in [0.25, 0.3) is 0 Å². The van der Waals surface area contributed by atoms with Gasteiger partial charge in [-0.05, 0) is 29.3 Å². The van der Waals surface area contributed by atoms with Gasteiger partial charge in [0.1, 0.15) is 0 Å². The Morgan fingerprint density at radius 3 is 2.80 bits per heavy atom. The van der Waals surface area contributed by atoms with E-state index in [1.54, 1.807) is 18.5 Å². The van der Waals surface area contributed by atoms with Crippen molar-refractivity contribution < 1.29 is 19.1 Å². The number of aromatic nitrogens is 1. The maximum atomic E-state index is 12.2. The van der Waals surface area contributed by atoms with E-state index in [9.17, 15) is 9.59 Å². The van der Waals surface area contributed by atoms with E-state index in [2.05, 4.69) is 10.3 Å². The van der Waals surface area contributed by atoms with Crippen LogP contribution in [0.3, 0.4) is 0 Å². The van der Waals surface area contributed by atoms with Crippen LogP contribution in [-0.2, 0) is 22.7 Å². The van der Waals surface area contributed by atoms with Gasteiger partial charge in [0, 0.05) is 32.4 Å². The Kier molecular flexibility index (Phi) is 5.13. The van der Waals surface area contributed by atoms with Crippen molar-refractivity contribution in [2.45, 2.75) is 20.0 Å². The molecule has 0 unspecified atom stereocenters. The lowest BCUT2D eigenvalue weighted by molar-refractivity contribution is -0.135. The second-order valence-electron chi connectivity index (χ2n) is 5.70. The number of pyridine rings is 1. The molecule has 0 fully saturated rings. The number of benzene rings is 1. The summed E-state index contributed by atoms with van der Waals surface area (Å²) in [6, 6.07) is 9.18.